The predicted molar refractivity (Wildman–Crippen MR) is 120 cm³/mol. The molecule has 5 heterocycles. The van der Waals surface area contributed by atoms with Crippen LogP contribution in [0.3, 0.4) is 0 Å². The minimum atomic E-state index is -4.49. The van der Waals surface area contributed by atoms with Gasteiger partial charge in [0.1, 0.15) is 17.0 Å². The van der Waals surface area contributed by atoms with Crippen molar-refractivity contribution in [3.05, 3.63) is 60.3 Å². The smallest absolute Gasteiger partial charge is 0.375 e. The van der Waals surface area contributed by atoms with E-state index in [4.69, 9.17) is 0 Å². The van der Waals surface area contributed by atoms with Crippen molar-refractivity contribution >= 4 is 33.7 Å². The summed E-state index contributed by atoms with van der Waals surface area (Å²) >= 11 is 0. The maximum absolute atomic E-state index is 13.3. The second kappa shape index (κ2) is 7.76. The number of H-pyrrole nitrogens is 2. The lowest BCUT2D eigenvalue weighted by atomic mass is 10.1. The molecule has 168 valence electrons. The van der Waals surface area contributed by atoms with Gasteiger partial charge in [-0.1, -0.05) is 0 Å². The summed E-state index contributed by atoms with van der Waals surface area (Å²) in [5.74, 6) is 0.346. The van der Waals surface area contributed by atoms with E-state index in [0.717, 1.165) is 28.9 Å². The largest absolute Gasteiger partial charge is 0.417 e. The number of nitrogens with zero attached hydrogens (tertiary/aromatic N) is 5. The zero-order valence-corrected chi connectivity index (χ0v) is 17.7. The molecule has 0 saturated heterocycles. The van der Waals surface area contributed by atoms with Crippen molar-refractivity contribution in [3.8, 4) is 11.3 Å². The highest BCUT2D eigenvalue weighted by Gasteiger charge is 2.31. The molecule has 0 saturated carbocycles. The fourth-order valence-electron chi connectivity index (χ4n) is 3.60. The van der Waals surface area contributed by atoms with Crippen molar-refractivity contribution in [2.24, 2.45) is 0 Å². The summed E-state index contributed by atoms with van der Waals surface area (Å²) in [6.07, 6.45) is 3.15. The first-order valence-corrected chi connectivity index (χ1v) is 10.0. The van der Waals surface area contributed by atoms with Gasteiger partial charge in [0.05, 0.1) is 17.4 Å². The quantitative estimate of drug-likeness (QED) is 0.361. The number of pyridine rings is 2. The standard InChI is InChI=1S/C22H19F3N8/c1-33(2)17-11-31-21(30-8-12-5-13-3-4-26-19(13)27-7-12)32-18(17)16-10-29-20-15(16)6-14(9-28-20)22(23,24)25/h3-7,9-11H,8H2,1-2H3,(H,26,27)(H,28,29)(H,30,31,32). The summed E-state index contributed by atoms with van der Waals surface area (Å²) in [5, 5.41) is 4.50. The third-order valence-corrected chi connectivity index (χ3v) is 5.27. The highest BCUT2D eigenvalue weighted by atomic mass is 19.4. The Bertz CT molecular complexity index is 1450. The zero-order valence-electron chi connectivity index (χ0n) is 17.7. The van der Waals surface area contributed by atoms with E-state index in [1.165, 1.54) is 0 Å². The van der Waals surface area contributed by atoms with Crippen LogP contribution in [0, 0.1) is 0 Å². The number of aromatic nitrogens is 6. The van der Waals surface area contributed by atoms with Gasteiger partial charge in [-0.05, 0) is 23.8 Å². The Labute approximate surface area is 185 Å². The maximum Gasteiger partial charge on any atom is 0.417 e. The number of anilines is 2. The van der Waals surface area contributed by atoms with Crippen LogP contribution in [0.15, 0.2) is 49.2 Å². The molecular weight excluding hydrogens is 433 g/mol. The summed E-state index contributed by atoms with van der Waals surface area (Å²) in [6.45, 7) is 0.433. The molecule has 33 heavy (non-hydrogen) atoms. The van der Waals surface area contributed by atoms with Gasteiger partial charge in [0.2, 0.25) is 5.95 Å². The fourth-order valence-corrected chi connectivity index (χ4v) is 3.60. The molecule has 0 amide bonds. The number of nitrogens with one attached hydrogen (secondary N) is 3. The number of hydrogen-bond acceptors (Lipinski definition) is 6. The van der Waals surface area contributed by atoms with Crippen molar-refractivity contribution < 1.29 is 13.2 Å². The molecule has 0 spiro atoms. The number of rotatable bonds is 5. The van der Waals surface area contributed by atoms with E-state index in [2.05, 4.69) is 35.2 Å². The second-order valence-electron chi connectivity index (χ2n) is 7.75. The molecule has 5 aromatic rings. The fraction of sp³-hybridized carbons (Fsp3) is 0.182. The highest BCUT2D eigenvalue weighted by Crippen LogP contribution is 2.36. The molecule has 5 rings (SSSR count). The Morgan fingerprint density at radius 2 is 1.82 bits per heavy atom. The lowest BCUT2D eigenvalue weighted by Gasteiger charge is -2.17. The van der Waals surface area contributed by atoms with Crippen molar-refractivity contribution in [2.75, 3.05) is 24.3 Å². The summed E-state index contributed by atoms with van der Waals surface area (Å²) in [4.78, 5) is 25.1. The first-order valence-electron chi connectivity index (χ1n) is 10.0. The van der Waals surface area contributed by atoms with E-state index in [1.807, 2.05) is 37.3 Å². The molecule has 0 aliphatic heterocycles. The van der Waals surface area contributed by atoms with E-state index in [9.17, 15) is 13.2 Å². The van der Waals surface area contributed by atoms with Crippen LogP contribution in [-0.2, 0) is 12.7 Å². The average molecular weight is 452 g/mol. The van der Waals surface area contributed by atoms with Gasteiger partial charge < -0.3 is 20.2 Å². The van der Waals surface area contributed by atoms with Crippen LogP contribution in [-0.4, -0.2) is 44.0 Å². The van der Waals surface area contributed by atoms with Gasteiger partial charge in [-0.25, -0.2) is 19.9 Å². The van der Waals surface area contributed by atoms with Crippen molar-refractivity contribution in [1.29, 1.82) is 0 Å². The Morgan fingerprint density at radius 1 is 1.00 bits per heavy atom. The maximum atomic E-state index is 13.3. The summed E-state index contributed by atoms with van der Waals surface area (Å²) < 4.78 is 39.8. The van der Waals surface area contributed by atoms with E-state index in [-0.39, 0.29) is 0 Å². The molecule has 8 nitrogen and oxygen atoms in total. The predicted octanol–water partition coefficient (Wildman–Crippen LogP) is 4.59. The van der Waals surface area contributed by atoms with Crippen molar-refractivity contribution in [3.63, 3.8) is 0 Å². The van der Waals surface area contributed by atoms with Crippen molar-refractivity contribution in [2.45, 2.75) is 12.7 Å². The molecule has 0 atom stereocenters. The molecule has 0 aromatic carbocycles. The highest BCUT2D eigenvalue weighted by molar-refractivity contribution is 5.96. The van der Waals surface area contributed by atoms with E-state index in [0.29, 0.717) is 40.5 Å². The topological polar surface area (TPSA) is 98.4 Å². The normalized spacial score (nSPS) is 11.9. The Balaban J connectivity index is 1.52. The lowest BCUT2D eigenvalue weighted by Crippen LogP contribution is -2.13. The van der Waals surface area contributed by atoms with Gasteiger partial charge in [0, 0.05) is 61.8 Å². The first kappa shape index (κ1) is 20.7. The molecule has 0 aliphatic carbocycles. The summed E-state index contributed by atoms with van der Waals surface area (Å²) in [5.41, 5.74) is 2.93. The molecule has 3 N–H and O–H groups in total. The number of halogens is 3. The van der Waals surface area contributed by atoms with E-state index >= 15 is 0 Å². The molecule has 5 aromatic heterocycles. The molecule has 0 fully saturated rings. The number of hydrogen-bond donors (Lipinski definition) is 3. The summed E-state index contributed by atoms with van der Waals surface area (Å²) in [7, 11) is 3.64. The number of fused-ring (bicyclic) bond motifs is 2. The van der Waals surface area contributed by atoms with Crippen LogP contribution in [0.2, 0.25) is 0 Å². The SMILES string of the molecule is CN(C)c1cnc(NCc2cnc3[nH]ccc3c2)nc1-c1c[nH]c2ncc(C(F)(F)F)cc12. The molecular formula is C22H19F3N8. The second-order valence-corrected chi connectivity index (χ2v) is 7.75. The molecule has 0 aliphatic rings. The van der Waals surface area contributed by atoms with Gasteiger partial charge >= 0.3 is 6.18 Å². The third kappa shape index (κ3) is 3.93. The minimum Gasteiger partial charge on any atom is -0.375 e. The Kier molecular flexibility index (Phi) is 4.88. The van der Waals surface area contributed by atoms with Crippen LogP contribution in [0.1, 0.15) is 11.1 Å². The van der Waals surface area contributed by atoms with Crippen LogP contribution >= 0.6 is 0 Å². The first-order chi connectivity index (χ1) is 15.8. The Morgan fingerprint density at radius 3 is 2.61 bits per heavy atom. The molecule has 11 heteroatoms. The van der Waals surface area contributed by atoms with Crippen LogP contribution < -0.4 is 10.2 Å². The molecule has 0 unspecified atom stereocenters. The monoisotopic (exact) mass is 452 g/mol. The number of aromatic amines is 2. The molecule has 0 radical (unpaired) electrons. The average Bonchev–Trinajstić information content (AvgIpc) is 3.42. The van der Waals surface area contributed by atoms with Crippen LogP contribution in [0.25, 0.3) is 33.3 Å². The van der Waals surface area contributed by atoms with Crippen LogP contribution in [0.4, 0.5) is 24.8 Å². The zero-order chi connectivity index (χ0) is 23.2. The number of alkyl halides is 3. The summed E-state index contributed by atoms with van der Waals surface area (Å²) in [6, 6.07) is 5.03. The lowest BCUT2D eigenvalue weighted by molar-refractivity contribution is -0.137. The van der Waals surface area contributed by atoms with E-state index in [1.54, 1.807) is 18.6 Å². The van der Waals surface area contributed by atoms with Gasteiger partial charge in [-0.3, -0.25) is 0 Å². The minimum absolute atomic E-state index is 0.333. The van der Waals surface area contributed by atoms with E-state index < -0.39 is 11.7 Å². The van der Waals surface area contributed by atoms with Crippen LogP contribution in [0.5, 0.6) is 0 Å². The van der Waals surface area contributed by atoms with Gasteiger partial charge in [0.15, 0.2) is 0 Å². The van der Waals surface area contributed by atoms with Gasteiger partial charge in [-0.15, -0.1) is 0 Å². The Hall–Kier alpha value is -4.15. The molecule has 0 bridgehead atoms. The van der Waals surface area contributed by atoms with Gasteiger partial charge in [-0.2, -0.15) is 13.2 Å². The third-order valence-electron chi connectivity index (χ3n) is 5.27. The van der Waals surface area contributed by atoms with Crippen molar-refractivity contribution in [1.82, 2.24) is 29.9 Å². The van der Waals surface area contributed by atoms with Gasteiger partial charge in [0.25, 0.3) is 0 Å².